The molecule has 1 atom stereocenters. The molecule has 1 heterocycles. The van der Waals surface area contributed by atoms with Crippen molar-refractivity contribution >= 4 is 22.6 Å². The summed E-state index contributed by atoms with van der Waals surface area (Å²) in [6.07, 6.45) is 1.41. The Morgan fingerprint density at radius 3 is 2.72 bits per heavy atom. The minimum atomic E-state index is -1.43. The van der Waals surface area contributed by atoms with Crippen LogP contribution in [0.1, 0.15) is 5.56 Å². The molecule has 0 aliphatic carbocycles. The zero-order chi connectivity index (χ0) is 18.7. The van der Waals surface area contributed by atoms with Crippen molar-refractivity contribution in [1.82, 2.24) is 9.80 Å². The van der Waals surface area contributed by atoms with E-state index in [1.807, 2.05) is 0 Å². The average Bonchev–Trinajstić information content (AvgIpc) is 2.84. The number of amides is 2. The van der Waals surface area contributed by atoms with Gasteiger partial charge < -0.3 is 20.0 Å². The van der Waals surface area contributed by atoms with Crippen molar-refractivity contribution < 1.29 is 28.4 Å². The fourth-order valence-corrected chi connectivity index (χ4v) is 3.35. The van der Waals surface area contributed by atoms with Gasteiger partial charge in [0.15, 0.2) is 5.76 Å². The van der Waals surface area contributed by atoms with Gasteiger partial charge in [0.2, 0.25) is 0 Å². The molecule has 0 bridgehead atoms. The molecule has 1 unspecified atom stereocenters. The molecule has 2 rings (SSSR count). The zero-order valence-electron chi connectivity index (χ0n) is 13.9. The van der Waals surface area contributed by atoms with Crippen LogP contribution in [0.25, 0.3) is 0 Å². The third-order valence-electron chi connectivity index (χ3n) is 3.85. The Labute approximate surface area is 146 Å². The predicted octanol–water partition coefficient (Wildman–Crippen LogP) is 0.168. The number of carbonyl (C=O) groups is 2. The molecule has 1 aromatic carbocycles. The normalized spacial score (nSPS) is 15.7. The van der Waals surface area contributed by atoms with E-state index in [-0.39, 0.29) is 36.7 Å². The molecule has 1 aliphatic rings. The first-order valence-corrected chi connectivity index (χ1v) is 9.01. The van der Waals surface area contributed by atoms with Crippen LogP contribution >= 0.6 is 0 Å². The number of halogens is 1. The molecule has 136 valence electrons. The second kappa shape index (κ2) is 7.75. The summed E-state index contributed by atoms with van der Waals surface area (Å²) in [5.74, 6) is -2.43. The largest absolute Gasteiger partial charge is 0.503 e. The van der Waals surface area contributed by atoms with Crippen LogP contribution < -0.4 is 0 Å². The van der Waals surface area contributed by atoms with Gasteiger partial charge in [-0.1, -0.05) is 6.07 Å². The van der Waals surface area contributed by atoms with Gasteiger partial charge in [-0.15, -0.1) is 0 Å². The molecule has 9 heteroatoms. The monoisotopic (exact) mass is 370 g/mol. The van der Waals surface area contributed by atoms with E-state index >= 15 is 0 Å². The highest BCUT2D eigenvalue weighted by Crippen LogP contribution is 2.21. The van der Waals surface area contributed by atoms with E-state index in [1.54, 1.807) is 0 Å². The van der Waals surface area contributed by atoms with Gasteiger partial charge in [-0.2, -0.15) is 0 Å². The van der Waals surface area contributed by atoms with Gasteiger partial charge in [-0.3, -0.25) is 13.8 Å². The molecule has 0 aromatic heterocycles. The Balaban J connectivity index is 2.19. The first-order chi connectivity index (χ1) is 11.8. The van der Waals surface area contributed by atoms with Crippen molar-refractivity contribution in [3.63, 3.8) is 0 Å². The fourth-order valence-electron chi connectivity index (χ4n) is 2.57. The Kier molecular flexibility index (Phi) is 5.91. The molecule has 25 heavy (non-hydrogen) atoms. The first-order valence-electron chi connectivity index (χ1n) is 7.45. The lowest BCUT2D eigenvalue weighted by Crippen LogP contribution is -2.33. The second-order valence-corrected chi connectivity index (χ2v) is 6.99. The Morgan fingerprint density at radius 2 is 2.12 bits per heavy atom. The topological polar surface area (TPSA) is 98.2 Å². The summed E-state index contributed by atoms with van der Waals surface area (Å²) in [5.41, 5.74) is 0.442. The van der Waals surface area contributed by atoms with Crippen molar-refractivity contribution in [2.75, 3.05) is 33.0 Å². The van der Waals surface area contributed by atoms with E-state index in [0.717, 1.165) is 6.07 Å². The number of nitrogens with zero attached hydrogens (tertiary/aromatic N) is 2. The Hall–Kier alpha value is -2.26. The van der Waals surface area contributed by atoms with Crippen LogP contribution in [0, 0.1) is 5.82 Å². The van der Waals surface area contributed by atoms with Gasteiger partial charge in [0, 0.05) is 31.3 Å². The van der Waals surface area contributed by atoms with Crippen molar-refractivity contribution in [3.05, 3.63) is 40.9 Å². The van der Waals surface area contributed by atoms with Crippen LogP contribution in [0.2, 0.25) is 0 Å². The number of aliphatic hydroxyl groups excluding tert-OH is 2. The van der Waals surface area contributed by atoms with E-state index in [9.17, 15) is 23.3 Å². The van der Waals surface area contributed by atoms with Crippen molar-refractivity contribution in [3.8, 4) is 0 Å². The van der Waals surface area contributed by atoms with Crippen molar-refractivity contribution in [2.45, 2.75) is 11.4 Å². The quantitative estimate of drug-likeness (QED) is 0.744. The van der Waals surface area contributed by atoms with Crippen LogP contribution in [-0.2, 0) is 26.9 Å². The Bertz CT molecular complexity index is 765. The molecule has 0 saturated heterocycles. The summed E-state index contributed by atoms with van der Waals surface area (Å²) >= 11 is 0. The second-order valence-electron chi connectivity index (χ2n) is 5.64. The minimum Gasteiger partial charge on any atom is -0.503 e. The fraction of sp³-hybridized carbons (Fsp3) is 0.375. The molecule has 1 aromatic rings. The van der Waals surface area contributed by atoms with E-state index < -0.39 is 34.2 Å². The number of carbonyl (C=O) groups excluding carboxylic acids is 2. The smallest absolute Gasteiger partial charge is 0.289 e. The third kappa shape index (κ3) is 4.05. The Morgan fingerprint density at radius 1 is 1.44 bits per heavy atom. The number of likely N-dealkylation sites (N-methyl/N-ethyl adjacent to an activating group) is 1. The summed E-state index contributed by atoms with van der Waals surface area (Å²) in [7, 11) is 0.0328. The van der Waals surface area contributed by atoms with E-state index in [1.165, 1.54) is 35.2 Å². The molecule has 0 spiro atoms. The maximum absolute atomic E-state index is 13.3. The van der Waals surface area contributed by atoms with E-state index in [4.69, 9.17) is 5.11 Å². The predicted molar refractivity (Wildman–Crippen MR) is 88.5 cm³/mol. The average molecular weight is 370 g/mol. The summed E-state index contributed by atoms with van der Waals surface area (Å²) < 4.78 is 25.1. The number of hydrogen-bond acceptors (Lipinski definition) is 5. The molecule has 7 nitrogen and oxygen atoms in total. The van der Waals surface area contributed by atoms with Crippen LogP contribution in [0.4, 0.5) is 4.39 Å². The number of β-amino-alcohol motifs (C(OH)–C–C–N with tert-alkyl or cyclic N) is 1. The standard InChI is InChI=1S/C16H19FN2O5S/c1-18(8-10-3-4-11(17)7-13(10)25(2)24)15(22)12-9-19(5-6-20)16(23)14(12)21/h3-4,7,20-21H,5-6,8-9H2,1-2H3. The summed E-state index contributed by atoms with van der Waals surface area (Å²) in [5, 5.41) is 18.8. The number of rotatable bonds is 6. The van der Waals surface area contributed by atoms with Gasteiger partial charge in [0.25, 0.3) is 11.8 Å². The molecular weight excluding hydrogens is 351 g/mol. The number of hydrogen-bond donors (Lipinski definition) is 2. The minimum absolute atomic E-state index is 0.0142. The van der Waals surface area contributed by atoms with Crippen LogP contribution in [0.3, 0.4) is 0 Å². The molecule has 2 N–H and O–H groups in total. The SMILES string of the molecule is CN(Cc1ccc(F)cc1S(C)=O)C(=O)C1=C(O)C(=O)N(CCO)C1. The first kappa shape index (κ1) is 19.1. The highest BCUT2D eigenvalue weighted by molar-refractivity contribution is 7.84. The van der Waals surface area contributed by atoms with Gasteiger partial charge in [0.1, 0.15) is 5.82 Å². The van der Waals surface area contributed by atoms with Gasteiger partial charge in [-0.25, -0.2) is 4.39 Å². The highest BCUT2D eigenvalue weighted by atomic mass is 32.2. The van der Waals surface area contributed by atoms with Gasteiger partial charge in [-0.05, 0) is 17.7 Å². The van der Waals surface area contributed by atoms with Crippen molar-refractivity contribution in [2.24, 2.45) is 0 Å². The maximum atomic E-state index is 13.3. The number of benzene rings is 1. The molecular formula is C16H19FN2O5S. The molecule has 2 amide bonds. The van der Waals surface area contributed by atoms with Gasteiger partial charge >= 0.3 is 0 Å². The van der Waals surface area contributed by atoms with E-state index in [0.29, 0.717) is 5.56 Å². The zero-order valence-corrected chi connectivity index (χ0v) is 14.7. The van der Waals surface area contributed by atoms with E-state index in [2.05, 4.69) is 0 Å². The molecule has 0 saturated carbocycles. The highest BCUT2D eigenvalue weighted by Gasteiger charge is 2.34. The molecule has 0 fully saturated rings. The maximum Gasteiger partial charge on any atom is 0.289 e. The van der Waals surface area contributed by atoms with Crippen molar-refractivity contribution in [1.29, 1.82) is 0 Å². The summed E-state index contributed by atoms with van der Waals surface area (Å²) in [4.78, 5) is 27.0. The van der Waals surface area contributed by atoms with Crippen LogP contribution in [-0.4, -0.2) is 69.0 Å². The molecule has 0 radical (unpaired) electrons. The third-order valence-corrected chi connectivity index (χ3v) is 4.85. The molecule has 1 aliphatic heterocycles. The lowest BCUT2D eigenvalue weighted by molar-refractivity contribution is -0.128. The lowest BCUT2D eigenvalue weighted by atomic mass is 10.1. The van der Waals surface area contributed by atoms with Crippen LogP contribution in [0.15, 0.2) is 34.4 Å². The number of aliphatic hydroxyl groups is 2. The lowest BCUT2D eigenvalue weighted by Gasteiger charge is -2.20. The van der Waals surface area contributed by atoms with Crippen LogP contribution in [0.5, 0.6) is 0 Å². The van der Waals surface area contributed by atoms with Gasteiger partial charge in [0.05, 0.1) is 29.5 Å². The summed E-state index contributed by atoms with van der Waals surface area (Å²) in [6.45, 7) is -0.318. The summed E-state index contributed by atoms with van der Waals surface area (Å²) in [6, 6.07) is 3.81.